The smallest absolute Gasteiger partial charge is 0.247 e. The summed E-state index contributed by atoms with van der Waals surface area (Å²) >= 11 is 0. The van der Waals surface area contributed by atoms with Gasteiger partial charge in [-0.05, 0) is 42.5 Å². The van der Waals surface area contributed by atoms with E-state index in [2.05, 4.69) is 15.6 Å². The summed E-state index contributed by atoms with van der Waals surface area (Å²) in [7, 11) is 3.05. The molecule has 2 atom stereocenters. The van der Waals surface area contributed by atoms with Gasteiger partial charge in [-0.2, -0.15) is 0 Å². The molecule has 9 nitrogen and oxygen atoms in total. The van der Waals surface area contributed by atoms with Crippen molar-refractivity contribution >= 4 is 17.8 Å². The molecule has 0 saturated carbocycles. The molecule has 0 radical (unpaired) electrons. The van der Waals surface area contributed by atoms with Crippen LogP contribution >= 0.6 is 0 Å². The largest absolute Gasteiger partial charge is 0.493 e. The number of carbonyl (C=O) groups is 2. The highest BCUT2D eigenvalue weighted by atomic mass is 16.5. The predicted octanol–water partition coefficient (Wildman–Crippen LogP) is 2.16. The van der Waals surface area contributed by atoms with Crippen LogP contribution in [-0.2, 0) is 22.4 Å². The monoisotopic (exact) mass is 484 g/mol. The maximum absolute atomic E-state index is 13.0. The Balaban J connectivity index is 2.15. The molecule has 9 heteroatoms. The standard InChI is InChI=1S/C26H36N4O5/c1-17(2)16-26(3,33)30-24(32)20(13-18-9-7-6-8-10-18)28-25(27)29-23(31)15-19-11-12-21(34-4)22(14-19)35-5/h6-12,14,17,20,33H,13,15-16H2,1-5H3,(H,30,32)(H3,27,28,29,31)/t20-,26-/m1/s1. The van der Waals surface area contributed by atoms with E-state index >= 15 is 0 Å². The first-order valence-electron chi connectivity index (χ1n) is 11.4. The lowest BCUT2D eigenvalue weighted by Gasteiger charge is -2.28. The summed E-state index contributed by atoms with van der Waals surface area (Å²) in [5.74, 6) is 0.159. The summed E-state index contributed by atoms with van der Waals surface area (Å²) in [5.41, 5.74) is 6.15. The Labute approximate surface area is 206 Å². The highest BCUT2D eigenvalue weighted by Gasteiger charge is 2.28. The van der Waals surface area contributed by atoms with E-state index < -0.39 is 23.6 Å². The first-order valence-corrected chi connectivity index (χ1v) is 11.4. The number of nitrogens with zero attached hydrogens (tertiary/aromatic N) is 1. The summed E-state index contributed by atoms with van der Waals surface area (Å²) in [6.07, 6.45) is 0.643. The van der Waals surface area contributed by atoms with Gasteiger partial charge in [-0.1, -0.05) is 50.2 Å². The van der Waals surface area contributed by atoms with Crippen molar-refractivity contribution in [3.05, 3.63) is 59.7 Å². The average molecular weight is 485 g/mol. The van der Waals surface area contributed by atoms with Crippen molar-refractivity contribution in [3.63, 3.8) is 0 Å². The Hall–Kier alpha value is -3.59. The second kappa shape index (κ2) is 12.8. The van der Waals surface area contributed by atoms with Gasteiger partial charge in [0.2, 0.25) is 11.8 Å². The van der Waals surface area contributed by atoms with Gasteiger partial charge in [-0.15, -0.1) is 0 Å². The number of rotatable bonds is 11. The molecular weight excluding hydrogens is 448 g/mol. The van der Waals surface area contributed by atoms with Crippen molar-refractivity contribution in [2.75, 3.05) is 14.2 Å². The third kappa shape index (κ3) is 9.29. The zero-order chi connectivity index (χ0) is 26.0. The van der Waals surface area contributed by atoms with E-state index in [0.29, 0.717) is 23.5 Å². The second-order valence-electron chi connectivity index (χ2n) is 9.00. The van der Waals surface area contributed by atoms with Gasteiger partial charge in [0.1, 0.15) is 11.8 Å². The van der Waals surface area contributed by atoms with Gasteiger partial charge < -0.3 is 25.6 Å². The number of benzene rings is 2. The molecular formula is C26H36N4O5. The topological polar surface area (TPSA) is 135 Å². The van der Waals surface area contributed by atoms with Crippen molar-refractivity contribution in [2.24, 2.45) is 16.6 Å². The predicted molar refractivity (Wildman–Crippen MR) is 135 cm³/mol. The Kier molecular flexibility index (Phi) is 10.1. The molecule has 5 N–H and O–H groups in total. The summed E-state index contributed by atoms with van der Waals surface area (Å²) in [5, 5.41) is 15.8. The van der Waals surface area contributed by atoms with E-state index in [1.165, 1.54) is 14.2 Å². The number of guanidine groups is 1. The fourth-order valence-corrected chi connectivity index (χ4v) is 3.79. The molecule has 190 valence electrons. The van der Waals surface area contributed by atoms with Crippen molar-refractivity contribution in [2.45, 2.75) is 51.8 Å². The van der Waals surface area contributed by atoms with Crippen LogP contribution in [0.3, 0.4) is 0 Å². The van der Waals surface area contributed by atoms with Gasteiger partial charge in [-0.25, -0.2) is 4.99 Å². The maximum atomic E-state index is 13.0. The van der Waals surface area contributed by atoms with Crippen molar-refractivity contribution < 1.29 is 24.2 Å². The Morgan fingerprint density at radius 1 is 1.06 bits per heavy atom. The fourth-order valence-electron chi connectivity index (χ4n) is 3.79. The van der Waals surface area contributed by atoms with E-state index in [1.807, 2.05) is 44.2 Å². The number of ether oxygens (including phenoxy) is 2. The molecule has 35 heavy (non-hydrogen) atoms. The second-order valence-corrected chi connectivity index (χ2v) is 9.00. The lowest BCUT2D eigenvalue weighted by molar-refractivity contribution is -0.130. The van der Waals surface area contributed by atoms with Crippen LogP contribution in [0, 0.1) is 5.92 Å². The van der Waals surface area contributed by atoms with Crippen LogP contribution in [0.4, 0.5) is 0 Å². The molecule has 0 heterocycles. The lowest BCUT2D eigenvalue weighted by atomic mass is 10.0. The molecule has 0 aliphatic heterocycles. The Bertz CT molecular complexity index is 1020. The van der Waals surface area contributed by atoms with Crippen molar-refractivity contribution in [1.82, 2.24) is 10.6 Å². The zero-order valence-corrected chi connectivity index (χ0v) is 21.0. The summed E-state index contributed by atoms with van der Waals surface area (Å²) in [4.78, 5) is 29.8. The number of aliphatic hydroxyl groups is 1. The van der Waals surface area contributed by atoms with Gasteiger partial charge in [0.15, 0.2) is 17.5 Å². The van der Waals surface area contributed by atoms with Crippen LogP contribution in [-0.4, -0.2) is 48.9 Å². The normalized spacial score (nSPS) is 14.1. The number of nitrogens with one attached hydrogen (secondary N) is 2. The van der Waals surface area contributed by atoms with Gasteiger partial charge in [-0.3, -0.25) is 14.9 Å². The molecule has 0 fully saturated rings. The number of hydrogen-bond donors (Lipinski definition) is 4. The first kappa shape index (κ1) is 27.7. The van der Waals surface area contributed by atoms with E-state index in [9.17, 15) is 14.7 Å². The highest BCUT2D eigenvalue weighted by molar-refractivity contribution is 5.98. The molecule has 0 spiro atoms. The van der Waals surface area contributed by atoms with E-state index in [4.69, 9.17) is 15.2 Å². The molecule has 2 aromatic rings. The number of hydrogen-bond acceptors (Lipinski definition) is 6. The van der Waals surface area contributed by atoms with Crippen molar-refractivity contribution in [1.29, 1.82) is 0 Å². The minimum atomic E-state index is -1.40. The molecule has 0 aromatic heterocycles. The molecule has 2 amide bonds. The van der Waals surface area contributed by atoms with E-state index in [0.717, 1.165) is 5.56 Å². The van der Waals surface area contributed by atoms with Gasteiger partial charge in [0.05, 0.1) is 20.6 Å². The zero-order valence-electron chi connectivity index (χ0n) is 21.0. The molecule has 2 aromatic carbocycles. The van der Waals surface area contributed by atoms with Crippen molar-refractivity contribution in [3.8, 4) is 11.5 Å². The van der Waals surface area contributed by atoms with Crippen LogP contribution < -0.4 is 25.8 Å². The number of carbonyl (C=O) groups excluding carboxylic acids is 2. The van der Waals surface area contributed by atoms with Crippen LogP contribution in [0.5, 0.6) is 11.5 Å². The first-order chi connectivity index (χ1) is 16.5. The summed E-state index contributed by atoms with van der Waals surface area (Å²) < 4.78 is 10.5. The van der Waals surface area contributed by atoms with Gasteiger partial charge in [0.25, 0.3) is 0 Å². The van der Waals surface area contributed by atoms with Crippen LogP contribution in [0.2, 0.25) is 0 Å². The quantitative estimate of drug-likeness (QED) is 0.219. The highest BCUT2D eigenvalue weighted by Crippen LogP contribution is 2.27. The summed E-state index contributed by atoms with van der Waals surface area (Å²) in [6, 6.07) is 13.5. The maximum Gasteiger partial charge on any atom is 0.247 e. The number of nitrogens with two attached hydrogens (primary N) is 1. The Morgan fingerprint density at radius 3 is 2.31 bits per heavy atom. The van der Waals surface area contributed by atoms with Crippen LogP contribution in [0.1, 0.15) is 38.3 Å². The minimum absolute atomic E-state index is 0.0230. The van der Waals surface area contributed by atoms with E-state index in [-0.39, 0.29) is 24.7 Å². The molecule has 0 aliphatic carbocycles. The van der Waals surface area contributed by atoms with Crippen LogP contribution in [0.25, 0.3) is 0 Å². The number of methoxy groups -OCH3 is 2. The molecule has 0 bridgehead atoms. The third-order valence-corrected chi connectivity index (χ3v) is 5.15. The number of aliphatic imine (C=N–C) groups is 1. The average Bonchev–Trinajstić information content (AvgIpc) is 2.77. The minimum Gasteiger partial charge on any atom is -0.493 e. The SMILES string of the molecule is COc1ccc(CC(=O)NC(N)=N[C@H](Cc2ccccc2)C(=O)N[C@](C)(O)CC(C)C)cc1OC. The number of amides is 2. The third-order valence-electron chi connectivity index (χ3n) is 5.15. The molecule has 0 saturated heterocycles. The fraction of sp³-hybridized carbons (Fsp3) is 0.423. The summed E-state index contributed by atoms with van der Waals surface area (Å²) in [6.45, 7) is 5.45. The molecule has 2 rings (SSSR count). The molecule has 0 unspecified atom stereocenters. The van der Waals surface area contributed by atoms with Gasteiger partial charge in [0, 0.05) is 6.42 Å². The molecule has 0 aliphatic rings. The lowest BCUT2D eigenvalue weighted by Crippen LogP contribution is -2.51. The van der Waals surface area contributed by atoms with Crippen LogP contribution in [0.15, 0.2) is 53.5 Å². The van der Waals surface area contributed by atoms with E-state index in [1.54, 1.807) is 25.1 Å². The Morgan fingerprint density at radius 2 is 1.71 bits per heavy atom. The van der Waals surface area contributed by atoms with Gasteiger partial charge >= 0.3 is 0 Å².